The molecule has 1 unspecified atom stereocenters. The largest absolute Gasteiger partial charge is 0.345 e. The number of rotatable bonds is 8. The lowest BCUT2D eigenvalue weighted by Crippen LogP contribution is -2.51. The molecule has 0 saturated heterocycles. The van der Waals surface area contributed by atoms with Gasteiger partial charge in [0.05, 0.1) is 5.25 Å². The Labute approximate surface area is 170 Å². The van der Waals surface area contributed by atoms with Crippen molar-refractivity contribution in [1.82, 2.24) is 14.7 Å². The van der Waals surface area contributed by atoms with Crippen LogP contribution in [-0.4, -0.2) is 49.7 Å². The zero-order chi connectivity index (χ0) is 21.3. The molecule has 1 rings (SSSR count). The first-order valence-corrected chi connectivity index (χ1v) is 11.2. The first kappa shape index (κ1) is 24.0. The van der Waals surface area contributed by atoms with Crippen molar-refractivity contribution in [3.63, 3.8) is 0 Å². The van der Waals surface area contributed by atoms with Crippen LogP contribution in [0.2, 0.25) is 0 Å². The van der Waals surface area contributed by atoms with Crippen molar-refractivity contribution < 1.29 is 13.2 Å². The lowest BCUT2D eigenvalue weighted by Gasteiger charge is -2.28. The predicted molar refractivity (Wildman–Crippen MR) is 114 cm³/mol. The molecular weight excluding hydrogens is 374 g/mol. The Kier molecular flexibility index (Phi) is 9.50. The third kappa shape index (κ3) is 7.17. The summed E-state index contributed by atoms with van der Waals surface area (Å²) in [5.41, 5.74) is 4.42. The highest BCUT2D eigenvalue weighted by Crippen LogP contribution is 2.20. The minimum atomic E-state index is -3.74. The molecule has 0 bridgehead atoms. The van der Waals surface area contributed by atoms with Gasteiger partial charge in [-0.25, -0.2) is 22.5 Å². The highest BCUT2D eigenvalue weighted by atomic mass is 32.2. The third-order valence-corrected chi connectivity index (χ3v) is 6.38. The van der Waals surface area contributed by atoms with Crippen molar-refractivity contribution in [2.45, 2.75) is 58.1 Å². The summed E-state index contributed by atoms with van der Waals surface area (Å²) in [5.74, 6) is 6.14. The SMILES string of the molecule is CCCCC#Cc1ccc(C(C)CN(C(=O)NN(C)C)S(=O)(=O)C(C)C)cc1. The Bertz CT molecular complexity index is 790. The lowest BCUT2D eigenvalue weighted by molar-refractivity contribution is 0.192. The van der Waals surface area contributed by atoms with Gasteiger partial charge >= 0.3 is 6.03 Å². The van der Waals surface area contributed by atoms with E-state index in [0.29, 0.717) is 0 Å². The molecule has 1 aromatic carbocycles. The summed E-state index contributed by atoms with van der Waals surface area (Å²) in [6, 6.07) is 7.11. The average Bonchev–Trinajstić information content (AvgIpc) is 2.62. The first-order valence-electron chi connectivity index (χ1n) is 9.67. The van der Waals surface area contributed by atoms with E-state index in [4.69, 9.17) is 0 Å². The second-order valence-corrected chi connectivity index (χ2v) is 9.78. The number of amides is 2. The fourth-order valence-electron chi connectivity index (χ4n) is 2.48. The average molecular weight is 408 g/mol. The molecule has 0 radical (unpaired) electrons. The second kappa shape index (κ2) is 11.1. The molecule has 0 aliphatic rings. The Morgan fingerprint density at radius 2 is 1.75 bits per heavy atom. The number of sulfonamides is 1. The van der Waals surface area contributed by atoms with Crippen molar-refractivity contribution >= 4 is 16.1 Å². The monoisotopic (exact) mass is 407 g/mol. The van der Waals surface area contributed by atoms with Crippen molar-refractivity contribution in [3.8, 4) is 11.8 Å². The Hall–Kier alpha value is -2.04. The van der Waals surface area contributed by atoms with Crippen LogP contribution in [0.1, 0.15) is 64.0 Å². The van der Waals surface area contributed by atoms with E-state index < -0.39 is 21.3 Å². The molecule has 1 atom stereocenters. The van der Waals surface area contributed by atoms with Crippen LogP contribution in [0.5, 0.6) is 0 Å². The maximum Gasteiger partial charge on any atom is 0.345 e. The molecule has 28 heavy (non-hydrogen) atoms. The van der Waals surface area contributed by atoms with Gasteiger partial charge in [0.2, 0.25) is 10.0 Å². The van der Waals surface area contributed by atoms with Crippen LogP contribution in [0.4, 0.5) is 4.79 Å². The molecule has 0 aliphatic heterocycles. The van der Waals surface area contributed by atoms with Crippen LogP contribution in [-0.2, 0) is 10.0 Å². The highest BCUT2D eigenvalue weighted by Gasteiger charge is 2.32. The van der Waals surface area contributed by atoms with E-state index in [9.17, 15) is 13.2 Å². The molecule has 7 heteroatoms. The van der Waals surface area contributed by atoms with Crippen LogP contribution >= 0.6 is 0 Å². The van der Waals surface area contributed by atoms with E-state index >= 15 is 0 Å². The topological polar surface area (TPSA) is 69.7 Å². The maximum absolute atomic E-state index is 12.7. The van der Waals surface area contributed by atoms with Crippen LogP contribution < -0.4 is 5.43 Å². The maximum atomic E-state index is 12.7. The molecule has 156 valence electrons. The van der Waals surface area contributed by atoms with Gasteiger partial charge in [-0.15, -0.1) is 0 Å². The van der Waals surface area contributed by atoms with Crippen LogP contribution in [0.15, 0.2) is 24.3 Å². The molecule has 0 aliphatic carbocycles. The molecule has 1 aromatic rings. The van der Waals surface area contributed by atoms with Crippen LogP contribution in [0, 0.1) is 11.8 Å². The Balaban J connectivity index is 2.96. The molecule has 0 fully saturated rings. The fraction of sp³-hybridized carbons (Fsp3) is 0.571. The number of unbranched alkanes of at least 4 members (excludes halogenated alkanes) is 2. The number of benzene rings is 1. The number of hydrazine groups is 1. The van der Waals surface area contributed by atoms with Crippen molar-refractivity contribution in [2.75, 3.05) is 20.6 Å². The number of urea groups is 1. The summed E-state index contributed by atoms with van der Waals surface area (Å²) in [7, 11) is -0.459. The van der Waals surface area contributed by atoms with E-state index in [2.05, 4.69) is 24.2 Å². The van der Waals surface area contributed by atoms with Crippen molar-refractivity contribution in [2.24, 2.45) is 0 Å². The zero-order valence-electron chi connectivity index (χ0n) is 17.8. The van der Waals surface area contributed by atoms with Gasteiger partial charge in [-0.1, -0.05) is 44.2 Å². The number of nitrogens with one attached hydrogen (secondary N) is 1. The lowest BCUT2D eigenvalue weighted by atomic mass is 10.00. The summed E-state index contributed by atoms with van der Waals surface area (Å²) in [5, 5.41) is 0.746. The number of carbonyl (C=O) groups is 1. The van der Waals surface area contributed by atoms with Gasteiger partial charge < -0.3 is 0 Å². The Morgan fingerprint density at radius 3 is 2.25 bits per heavy atom. The number of carbonyl (C=O) groups excluding carboxylic acids is 1. The standard InChI is InChI=1S/C21H33N3O3S/c1-7-8-9-10-11-19-12-14-20(15-13-19)18(4)16-24(21(25)22-23(5)6)28(26,27)17(2)3/h12-15,17-18H,7-9,16H2,1-6H3,(H,22,25). The minimum absolute atomic E-state index is 0.0711. The molecule has 2 amide bonds. The highest BCUT2D eigenvalue weighted by molar-refractivity contribution is 7.90. The van der Waals surface area contributed by atoms with Gasteiger partial charge in [0.25, 0.3) is 0 Å². The quantitative estimate of drug-likeness (QED) is 0.406. The van der Waals surface area contributed by atoms with E-state index in [0.717, 1.165) is 34.7 Å². The molecule has 0 aromatic heterocycles. The van der Waals surface area contributed by atoms with E-state index in [1.54, 1.807) is 27.9 Å². The summed E-state index contributed by atoms with van der Waals surface area (Å²) in [4.78, 5) is 12.5. The molecule has 6 nitrogen and oxygen atoms in total. The molecule has 1 N–H and O–H groups in total. The number of hydrogen-bond acceptors (Lipinski definition) is 4. The van der Waals surface area contributed by atoms with Gasteiger partial charge in [0.1, 0.15) is 0 Å². The smallest absolute Gasteiger partial charge is 0.270 e. The number of nitrogens with zero attached hydrogens (tertiary/aromatic N) is 2. The molecule has 0 spiro atoms. The van der Waals surface area contributed by atoms with E-state index in [1.165, 1.54) is 5.01 Å². The first-order chi connectivity index (χ1) is 13.1. The van der Waals surface area contributed by atoms with E-state index in [-0.39, 0.29) is 12.5 Å². The van der Waals surface area contributed by atoms with Gasteiger partial charge in [0.15, 0.2) is 0 Å². The fourth-order valence-corrected chi connectivity index (χ4v) is 3.70. The van der Waals surface area contributed by atoms with E-state index in [1.807, 2.05) is 31.2 Å². The van der Waals surface area contributed by atoms with Gasteiger partial charge in [-0.2, -0.15) is 0 Å². The third-order valence-electron chi connectivity index (χ3n) is 4.26. The summed E-state index contributed by atoms with van der Waals surface area (Å²) in [6.45, 7) is 7.26. The second-order valence-electron chi connectivity index (χ2n) is 7.36. The van der Waals surface area contributed by atoms with Crippen LogP contribution in [0.3, 0.4) is 0 Å². The summed E-state index contributed by atoms with van der Waals surface area (Å²) < 4.78 is 26.3. The van der Waals surface area contributed by atoms with Crippen molar-refractivity contribution in [1.29, 1.82) is 0 Å². The molecule has 0 heterocycles. The molecular formula is C21H33N3O3S. The van der Waals surface area contributed by atoms with Gasteiger partial charge in [-0.3, -0.25) is 5.43 Å². The summed E-state index contributed by atoms with van der Waals surface area (Å²) >= 11 is 0. The van der Waals surface area contributed by atoms with Crippen molar-refractivity contribution in [3.05, 3.63) is 35.4 Å². The van der Waals surface area contributed by atoms with Gasteiger partial charge in [-0.05, 0) is 43.9 Å². The minimum Gasteiger partial charge on any atom is -0.270 e. The number of hydrogen-bond donors (Lipinski definition) is 1. The predicted octanol–water partition coefficient (Wildman–Crippen LogP) is 3.56. The molecule has 0 saturated carbocycles. The normalized spacial score (nSPS) is 12.4. The zero-order valence-corrected chi connectivity index (χ0v) is 18.6. The van der Waals surface area contributed by atoms with Gasteiger partial charge in [0, 0.05) is 32.6 Å². The van der Waals surface area contributed by atoms with Crippen LogP contribution in [0.25, 0.3) is 0 Å². The Morgan fingerprint density at radius 1 is 1.14 bits per heavy atom. The summed E-state index contributed by atoms with van der Waals surface area (Å²) in [6.07, 6.45) is 3.11.